The van der Waals surface area contributed by atoms with Crippen LogP contribution < -0.4 is 0 Å². The maximum Gasteiger partial charge on any atom is 0.243 e. The lowest BCUT2D eigenvalue weighted by Gasteiger charge is -2.23. The number of rotatable bonds is 4. The fourth-order valence-electron chi connectivity index (χ4n) is 3.35. The van der Waals surface area contributed by atoms with E-state index in [1.54, 1.807) is 28.6 Å². The Labute approximate surface area is 144 Å². The zero-order valence-corrected chi connectivity index (χ0v) is 14.7. The third kappa shape index (κ3) is 3.96. The monoisotopic (exact) mass is 351 g/mol. The molecule has 1 amide bonds. The molecule has 6 nitrogen and oxygen atoms in total. The van der Waals surface area contributed by atoms with Gasteiger partial charge >= 0.3 is 0 Å². The lowest BCUT2D eigenvalue weighted by Crippen LogP contribution is -2.41. The van der Waals surface area contributed by atoms with Gasteiger partial charge in [-0.15, -0.1) is 0 Å². The van der Waals surface area contributed by atoms with Gasteiger partial charge in [-0.3, -0.25) is 9.69 Å². The molecule has 132 valence electrons. The van der Waals surface area contributed by atoms with Crippen molar-refractivity contribution >= 4 is 15.9 Å². The van der Waals surface area contributed by atoms with Crippen molar-refractivity contribution < 1.29 is 13.2 Å². The molecule has 3 rings (SSSR count). The largest absolute Gasteiger partial charge is 0.342 e. The lowest BCUT2D eigenvalue weighted by atomic mass is 10.3. The number of carbonyl (C=O) groups excluding carboxylic acids is 1. The van der Waals surface area contributed by atoms with Gasteiger partial charge in [0, 0.05) is 32.7 Å². The van der Waals surface area contributed by atoms with Crippen molar-refractivity contribution in [3.8, 4) is 0 Å². The summed E-state index contributed by atoms with van der Waals surface area (Å²) in [7, 11) is -3.44. The van der Waals surface area contributed by atoms with E-state index >= 15 is 0 Å². The minimum atomic E-state index is -3.44. The Kier molecular flexibility index (Phi) is 5.53. The fourth-order valence-corrected chi connectivity index (χ4v) is 4.84. The smallest absolute Gasteiger partial charge is 0.243 e. The molecule has 7 heteroatoms. The molecule has 24 heavy (non-hydrogen) atoms. The molecule has 0 radical (unpaired) electrons. The Bertz CT molecular complexity index is 657. The number of nitrogens with zero attached hydrogens (tertiary/aromatic N) is 3. The first-order valence-electron chi connectivity index (χ1n) is 8.63. The SMILES string of the molecule is O=C(CN1CCCN(S(=O)(=O)c2ccccc2)CC1)N1CCCC1. The number of hydrogen-bond donors (Lipinski definition) is 0. The van der Waals surface area contributed by atoms with Gasteiger partial charge in [0.05, 0.1) is 11.4 Å². The highest BCUT2D eigenvalue weighted by molar-refractivity contribution is 7.89. The van der Waals surface area contributed by atoms with E-state index in [0.29, 0.717) is 31.1 Å². The van der Waals surface area contributed by atoms with Crippen molar-refractivity contribution in [2.24, 2.45) is 0 Å². The quantitative estimate of drug-likeness (QED) is 0.812. The summed E-state index contributed by atoms with van der Waals surface area (Å²) in [6, 6.07) is 8.56. The van der Waals surface area contributed by atoms with Gasteiger partial charge in [0.1, 0.15) is 0 Å². The molecule has 0 unspecified atom stereocenters. The van der Waals surface area contributed by atoms with Crippen LogP contribution >= 0.6 is 0 Å². The predicted octanol–water partition coefficient (Wildman–Crippen LogP) is 1.01. The number of hydrogen-bond acceptors (Lipinski definition) is 4. The molecule has 0 N–H and O–H groups in total. The van der Waals surface area contributed by atoms with Crippen molar-refractivity contribution in [1.82, 2.24) is 14.1 Å². The topological polar surface area (TPSA) is 60.9 Å². The van der Waals surface area contributed by atoms with E-state index in [9.17, 15) is 13.2 Å². The summed E-state index contributed by atoms with van der Waals surface area (Å²) in [5.41, 5.74) is 0. The third-order valence-corrected chi connectivity index (χ3v) is 6.66. The van der Waals surface area contributed by atoms with Crippen LogP contribution in [0.4, 0.5) is 0 Å². The Morgan fingerprint density at radius 1 is 0.875 bits per heavy atom. The molecule has 0 spiro atoms. The van der Waals surface area contributed by atoms with Crippen LogP contribution in [0, 0.1) is 0 Å². The minimum absolute atomic E-state index is 0.173. The highest BCUT2D eigenvalue weighted by atomic mass is 32.2. The Balaban J connectivity index is 1.59. The molecule has 2 aliphatic rings. The molecule has 1 aromatic rings. The van der Waals surface area contributed by atoms with Crippen LogP contribution in [0.5, 0.6) is 0 Å². The lowest BCUT2D eigenvalue weighted by molar-refractivity contribution is -0.131. The van der Waals surface area contributed by atoms with E-state index < -0.39 is 10.0 Å². The number of carbonyl (C=O) groups is 1. The fraction of sp³-hybridized carbons (Fsp3) is 0.588. The summed E-state index contributed by atoms with van der Waals surface area (Å²) < 4.78 is 27.0. The maximum absolute atomic E-state index is 12.7. The molecule has 0 saturated carbocycles. The van der Waals surface area contributed by atoms with Gasteiger partial charge in [-0.05, 0) is 37.9 Å². The number of benzene rings is 1. The Morgan fingerprint density at radius 2 is 1.58 bits per heavy atom. The van der Waals surface area contributed by atoms with Gasteiger partial charge in [-0.2, -0.15) is 4.31 Å². The summed E-state index contributed by atoms with van der Waals surface area (Å²) in [5, 5.41) is 0. The number of amides is 1. The first-order valence-corrected chi connectivity index (χ1v) is 10.1. The van der Waals surface area contributed by atoms with Crippen molar-refractivity contribution in [2.75, 3.05) is 45.8 Å². The van der Waals surface area contributed by atoms with Crippen molar-refractivity contribution in [3.63, 3.8) is 0 Å². The first-order chi connectivity index (χ1) is 11.6. The number of likely N-dealkylation sites (tertiary alicyclic amines) is 1. The van der Waals surface area contributed by atoms with E-state index in [1.165, 1.54) is 0 Å². The Morgan fingerprint density at radius 3 is 2.29 bits per heavy atom. The highest BCUT2D eigenvalue weighted by Crippen LogP contribution is 2.17. The molecular weight excluding hydrogens is 326 g/mol. The zero-order valence-electron chi connectivity index (χ0n) is 13.9. The summed E-state index contributed by atoms with van der Waals surface area (Å²) in [5.74, 6) is 0.173. The molecule has 1 aromatic carbocycles. The van der Waals surface area contributed by atoms with Crippen LogP contribution in [0.2, 0.25) is 0 Å². The molecule has 2 heterocycles. The van der Waals surface area contributed by atoms with Gasteiger partial charge < -0.3 is 4.90 Å². The highest BCUT2D eigenvalue weighted by Gasteiger charge is 2.28. The summed E-state index contributed by atoms with van der Waals surface area (Å²) in [6.45, 7) is 4.43. The second-order valence-electron chi connectivity index (χ2n) is 6.43. The van der Waals surface area contributed by atoms with E-state index in [-0.39, 0.29) is 5.91 Å². The standard InChI is InChI=1S/C17H25N3O3S/c21-17(19-10-4-5-11-19)15-18-9-6-12-20(14-13-18)24(22,23)16-7-2-1-3-8-16/h1-3,7-8H,4-6,9-15H2. The first kappa shape index (κ1) is 17.4. The molecule has 2 fully saturated rings. The van der Waals surface area contributed by atoms with Crippen LogP contribution in [0.3, 0.4) is 0 Å². The second-order valence-corrected chi connectivity index (χ2v) is 8.37. The van der Waals surface area contributed by atoms with Gasteiger partial charge in [-0.1, -0.05) is 18.2 Å². The van der Waals surface area contributed by atoms with Crippen molar-refractivity contribution in [2.45, 2.75) is 24.2 Å². The van der Waals surface area contributed by atoms with Crippen LogP contribution in [-0.4, -0.2) is 74.2 Å². The van der Waals surface area contributed by atoms with Crippen molar-refractivity contribution in [1.29, 1.82) is 0 Å². The van der Waals surface area contributed by atoms with Gasteiger partial charge in [-0.25, -0.2) is 8.42 Å². The molecule has 0 bridgehead atoms. The van der Waals surface area contributed by atoms with Gasteiger partial charge in [0.25, 0.3) is 0 Å². The average Bonchev–Trinajstić information content (AvgIpc) is 3.03. The Hall–Kier alpha value is -1.44. The number of sulfonamides is 1. The summed E-state index contributed by atoms with van der Waals surface area (Å²) >= 11 is 0. The average molecular weight is 351 g/mol. The van der Waals surface area contributed by atoms with Crippen LogP contribution in [0.1, 0.15) is 19.3 Å². The predicted molar refractivity (Wildman–Crippen MR) is 92.1 cm³/mol. The summed E-state index contributed by atoms with van der Waals surface area (Å²) in [6.07, 6.45) is 2.93. The van der Waals surface area contributed by atoms with E-state index in [0.717, 1.165) is 38.9 Å². The minimum Gasteiger partial charge on any atom is -0.342 e. The maximum atomic E-state index is 12.7. The van der Waals surface area contributed by atoms with E-state index in [1.807, 2.05) is 11.0 Å². The molecule has 0 aliphatic carbocycles. The van der Waals surface area contributed by atoms with Crippen LogP contribution in [0.25, 0.3) is 0 Å². The summed E-state index contributed by atoms with van der Waals surface area (Å²) in [4.78, 5) is 16.6. The zero-order chi connectivity index (χ0) is 17.0. The van der Waals surface area contributed by atoms with E-state index in [2.05, 4.69) is 4.90 Å². The molecule has 2 aliphatic heterocycles. The molecule has 0 atom stereocenters. The van der Waals surface area contributed by atoms with Gasteiger partial charge in [0.15, 0.2) is 0 Å². The van der Waals surface area contributed by atoms with Crippen LogP contribution in [-0.2, 0) is 14.8 Å². The van der Waals surface area contributed by atoms with Crippen LogP contribution in [0.15, 0.2) is 35.2 Å². The molecule has 0 aromatic heterocycles. The third-order valence-electron chi connectivity index (χ3n) is 4.75. The van der Waals surface area contributed by atoms with E-state index in [4.69, 9.17) is 0 Å². The molecule has 2 saturated heterocycles. The normalized spacial score (nSPS) is 20.9. The molecular formula is C17H25N3O3S. The second kappa shape index (κ2) is 7.63. The van der Waals surface area contributed by atoms with Gasteiger partial charge in [0.2, 0.25) is 15.9 Å². The van der Waals surface area contributed by atoms with Crippen molar-refractivity contribution in [3.05, 3.63) is 30.3 Å².